The lowest BCUT2D eigenvalue weighted by atomic mass is 10.1. The van der Waals surface area contributed by atoms with Crippen molar-refractivity contribution in [2.45, 2.75) is 6.42 Å². The summed E-state index contributed by atoms with van der Waals surface area (Å²) in [6.07, 6.45) is 14.6. The number of nitro groups is 1. The van der Waals surface area contributed by atoms with Crippen molar-refractivity contribution >= 4 is 11.9 Å². The SMILES string of the molecule is C=C/C=C\C(C=CNc1ccc(-c2ccccn2)nc1)CC=NC(=C)[N+](=O)[O-]. The Hall–Kier alpha value is -3.87. The van der Waals surface area contributed by atoms with Crippen molar-refractivity contribution in [3.8, 4) is 11.4 Å². The molecule has 28 heavy (non-hydrogen) atoms. The highest BCUT2D eigenvalue weighted by Gasteiger charge is 2.04. The molecule has 142 valence electrons. The van der Waals surface area contributed by atoms with E-state index in [2.05, 4.69) is 33.4 Å². The van der Waals surface area contributed by atoms with Crippen LogP contribution in [0.2, 0.25) is 0 Å². The molecule has 7 heteroatoms. The zero-order valence-electron chi connectivity index (χ0n) is 15.3. The van der Waals surface area contributed by atoms with Crippen LogP contribution in [0.5, 0.6) is 0 Å². The third-order valence-electron chi connectivity index (χ3n) is 3.61. The van der Waals surface area contributed by atoms with Gasteiger partial charge in [-0.1, -0.05) is 41.9 Å². The highest BCUT2D eigenvalue weighted by Crippen LogP contribution is 2.16. The third-order valence-corrected chi connectivity index (χ3v) is 3.61. The Balaban J connectivity index is 1.96. The Morgan fingerprint density at radius 1 is 1.25 bits per heavy atom. The minimum Gasteiger partial charge on any atom is -0.361 e. The van der Waals surface area contributed by atoms with Crippen LogP contribution in [-0.4, -0.2) is 21.1 Å². The number of aromatic nitrogens is 2. The van der Waals surface area contributed by atoms with Crippen LogP contribution in [0.25, 0.3) is 11.4 Å². The Labute approximate surface area is 163 Å². The molecule has 0 aliphatic rings. The number of hydrogen-bond acceptors (Lipinski definition) is 6. The molecule has 0 saturated heterocycles. The van der Waals surface area contributed by atoms with E-state index in [1.54, 1.807) is 24.7 Å². The van der Waals surface area contributed by atoms with Gasteiger partial charge in [0, 0.05) is 18.5 Å². The van der Waals surface area contributed by atoms with Crippen LogP contribution >= 0.6 is 0 Å². The lowest BCUT2D eigenvalue weighted by Gasteiger charge is -2.05. The second kappa shape index (κ2) is 11.0. The Bertz CT molecular complexity index is 887. The smallest absolute Gasteiger partial charge is 0.355 e. The molecule has 1 N–H and O–H groups in total. The van der Waals surface area contributed by atoms with E-state index in [0.717, 1.165) is 17.1 Å². The fourth-order valence-electron chi connectivity index (χ4n) is 2.18. The maximum atomic E-state index is 10.5. The van der Waals surface area contributed by atoms with Crippen molar-refractivity contribution in [1.82, 2.24) is 9.97 Å². The fourth-order valence-corrected chi connectivity index (χ4v) is 2.18. The van der Waals surface area contributed by atoms with Gasteiger partial charge in [-0.3, -0.25) is 9.97 Å². The first-order valence-electron chi connectivity index (χ1n) is 8.56. The van der Waals surface area contributed by atoms with E-state index in [1.165, 1.54) is 6.21 Å². The zero-order valence-corrected chi connectivity index (χ0v) is 15.3. The van der Waals surface area contributed by atoms with Crippen LogP contribution in [-0.2, 0) is 0 Å². The van der Waals surface area contributed by atoms with E-state index < -0.39 is 4.92 Å². The van der Waals surface area contributed by atoms with Crippen LogP contribution in [0.4, 0.5) is 5.69 Å². The maximum Gasteiger partial charge on any atom is 0.355 e. The summed E-state index contributed by atoms with van der Waals surface area (Å²) in [6, 6.07) is 9.49. The van der Waals surface area contributed by atoms with E-state index >= 15 is 0 Å². The number of aliphatic imine (C=N–C) groups is 1. The van der Waals surface area contributed by atoms with Gasteiger partial charge < -0.3 is 15.4 Å². The molecule has 0 spiro atoms. The van der Waals surface area contributed by atoms with Crippen molar-refractivity contribution in [2.75, 3.05) is 5.32 Å². The summed E-state index contributed by atoms with van der Waals surface area (Å²) in [7, 11) is 0. The van der Waals surface area contributed by atoms with Gasteiger partial charge in [-0.25, -0.2) is 0 Å². The van der Waals surface area contributed by atoms with Gasteiger partial charge in [0.2, 0.25) is 0 Å². The van der Waals surface area contributed by atoms with E-state index in [9.17, 15) is 10.1 Å². The first-order chi connectivity index (χ1) is 13.6. The van der Waals surface area contributed by atoms with Gasteiger partial charge in [0.1, 0.15) is 6.21 Å². The van der Waals surface area contributed by atoms with Crippen LogP contribution in [0.3, 0.4) is 0 Å². The zero-order chi connectivity index (χ0) is 20.2. The molecule has 2 heterocycles. The number of nitrogens with zero attached hydrogens (tertiary/aromatic N) is 4. The first-order valence-corrected chi connectivity index (χ1v) is 8.56. The highest BCUT2D eigenvalue weighted by molar-refractivity contribution is 5.60. The number of anilines is 1. The van der Waals surface area contributed by atoms with E-state index in [1.807, 2.05) is 48.6 Å². The van der Waals surface area contributed by atoms with Gasteiger partial charge >= 0.3 is 5.82 Å². The van der Waals surface area contributed by atoms with E-state index in [4.69, 9.17) is 0 Å². The number of allylic oxidation sites excluding steroid dienone is 4. The Morgan fingerprint density at radius 2 is 2.07 bits per heavy atom. The predicted octanol–water partition coefficient (Wildman–Crippen LogP) is 4.64. The summed E-state index contributed by atoms with van der Waals surface area (Å²) in [5, 5.41) is 13.7. The average Bonchev–Trinajstić information content (AvgIpc) is 2.72. The summed E-state index contributed by atoms with van der Waals surface area (Å²) >= 11 is 0. The van der Waals surface area contributed by atoms with Gasteiger partial charge in [0.05, 0.1) is 23.3 Å². The first kappa shape index (κ1) is 20.4. The average molecular weight is 375 g/mol. The van der Waals surface area contributed by atoms with Crippen LogP contribution < -0.4 is 5.32 Å². The summed E-state index contributed by atoms with van der Waals surface area (Å²) < 4.78 is 0. The summed E-state index contributed by atoms with van der Waals surface area (Å²) in [4.78, 5) is 22.3. The normalized spacial score (nSPS) is 12.4. The van der Waals surface area contributed by atoms with E-state index in [-0.39, 0.29) is 11.7 Å². The number of pyridine rings is 2. The standard InChI is InChI=1S/C21H21N5O2/c1-3-4-7-18(11-14-22-17(2)26(27)28)12-15-23-19-9-10-21(25-16-19)20-8-5-6-13-24-20/h3-10,12-16,18,23H,1-2,11H2/b7-4-,15-12?,22-14?. The number of nitrogens with one attached hydrogen (secondary N) is 1. The molecule has 2 aromatic rings. The Morgan fingerprint density at radius 3 is 2.71 bits per heavy atom. The van der Waals surface area contributed by atoms with E-state index in [0.29, 0.717) is 6.42 Å². The topological polar surface area (TPSA) is 93.3 Å². The monoisotopic (exact) mass is 375 g/mol. The summed E-state index contributed by atoms with van der Waals surface area (Å²) in [6.45, 7) is 6.92. The lowest BCUT2D eigenvalue weighted by molar-refractivity contribution is -0.425. The summed E-state index contributed by atoms with van der Waals surface area (Å²) in [5.41, 5.74) is 2.44. The van der Waals surface area contributed by atoms with Crippen LogP contribution in [0.1, 0.15) is 6.42 Å². The Kier molecular flexibility index (Phi) is 8.01. The third kappa shape index (κ3) is 6.80. The molecule has 0 saturated carbocycles. The quantitative estimate of drug-likeness (QED) is 0.283. The molecule has 1 atom stereocenters. The summed E-state index contributed by atoms with van der Waals surface area (Å²) in [5.74, 6) is -0.387. The minimum absolute atomic E-state index is 0.00504. The van der Waals surface area contributed by atoms with Gasteiger partial charge in [-0.2, -0.15) is 0 Å². The van der Waals surface area contributed by atoms with Crippen molar-refractivity contribution < 1.29 is 4.92 Å². The molecule has 0 aliphatic heterocycles. The molecule has 7 nitrogen and oxygen atoms in total. The molecule has 0 fully saturated rings. The van der Waals surface area contributed by atoms with Crippen molar-refractivity contribution in [3.05, 3.63) is 102 Å². The highest BCUT2D eigenvalue weighted by atomic mass is 16.6. The van der Waals surface area contributed by atoms with Crippen molar-refractivity contribution in [1.29, 1.82) is 0 Å². The molecule has 0 radical (unpaired) electrons. The minimum atomic E-state index is -0.621. The number of rotatable bonds is 10. The van der Waals surface area contributed by atoms with Crippen molar-refractivity contribution in [2.24, 2.45) is 10.9 Å². The van der Waals surface area contributed by atoms with Crippen LogP contribution in [0.15, 0.2) is 97.2 Å². The van der Waals surface area contributed by atoms with Crippen molar-refractivity contribution in [3.63, 3.8) is 0 Å². The van der Waals surface area contributed by atoms with Gasteiger partial charge in [-0.05, 0) is 42.0 Å². The molecule has 1 unspecified atom stereocenters. The molecule has 2 rings (SSSR count). The largest absolute Gasteiger partial charge is 0.361 e. The van der Waals surface area contributed by atoms with Gasteiger partial charge in [-0.15, -0.1) is 0 Å². The molecule has 0 amide bonds. The molecule has 0 bridgehead atoms. The molecular weight excluding hydrogens is 354 g/mol. The van der Waals surface area contributed by atoms with Gasteiger partial charge in [0.25, 0.3) is 0 Å². The lowest BCUT2D eigenvalue weighted by Crippen LogP contribution is -1.98. The molecule has 0 aromatic carbocycles. The molecular formula is C21H21N5O2. The maximum absolute atomic E-state index is 10.5. The number of hydrogen-bond donors (Lipinski definition) is 1. The van der Waals surface area contributed by atoms with Crippen LogP contribution in [0, 0.1) is 16.0 Å². The molecule has 2 aromatic heterocycles. The second-order valence-electron chi connectivity index (χ2n) is 5.66. The molecule has 0 aliphatic carbocycles. The fraction of sp³-hybridized carbons (Fsp3) is 0.0952. The second-order valence-corrected chi connectivity index (χ2v) is 5.66. The van der Waals surface area contributed by atoms with Gasteiger partial charge in [0.15, 0.2) is 0 Å². The predicted molar refractivity (Wildman–Crippen MR) is 112 cm³/mol.